The second kappa shape index (κ2) is 6.12. The summed E-state index contributed by atoms with van der Waals surface area (Å²) in [7, 11) is 0. The van der Waals surface area contributed by atoms with Gasteiger partial charge in [0.25, 0.3) is 0 Å². The van der Waals surface area contributed by atoms with Crippen LogP contribution in [-0.4, -0.2) is 15.5 Å². The van der Waals surface area contributed by atoms with E-state index >= 15 is 0 Å². The molecule has 118 valence electrons. The molecule has 0 aliphatic rings. The van der Waals surface area contributed by atoms with Gasteiger partial charge in [-0.2, -0.15) is 0 Å². The molecule has 0 radical (unpaired) electrons. The lowest BCUT2D eigenvalue weighted by atomic mass is 10.0. The number of aryl methyl sites for hydroxylation is 1. The topological polar surface area (TPSA) is 66.9 Å². The van der Waals surface area contributed by atoms with E-state index in [-0.39, 0.29) is 24.2 Å². The van der Waals surface area contributed by atoms with Crippen molar-refractivity contribution in [3.63, 3.8) is 0 Å². The Morgan fingerprint density at radius 3 is 2.65 bits per heavy atom. The van der Waals surface area contributed by atoms with Crippen molar-refractivity contribution in [1.29, 1.82) is 0 Å². The highest BCUT2D eigenvalue weighted by Gasteiger charge is 2.14. The van der Waals surface area contributed by atoms with Crippen LogP contribution in [0.15, 0.2) is 53.3 Å². The Morgan fingerprint density at radius 2 is 1.87 bits per heavy atom. The molecule has 1 unspecified atom stereocenters. The Kier molecular flexibility index (Phi) is 4.02. The summed E-state index contributed by atoms with van der Waals surface area (Å²) in [6.07, 6.45) is 0. The van der Waals surface area contributed by atoms with Gasteiger partial charge in [0.15, 0.2) is 0 Å². The third-order valence-electron chi connectivity index (χ3n) is 4.02. The molecule has 0 spiro atoms. The van der Waals surface area contributed by atoms with Crippen molar-refractivity contribution < 1.29 is 4.79 Å². The molecule has 2 N–H and O–H groups in total. The summed E-state index contributed by atoms with van der Waals surface area (Å²) < 4.78 is 1.45. The maximum atomic E-state index is 12.3. The van der Waals surface area contributed by atoms with Gasteiger partial charge in [-0.05, 0) is 37.1 Å². The van der Waals surface area contributed by atoms with Gasteiger partial charge in [-0.3, -0.25) is 9.36 Å². The third-order valence-corrected chi connectivity index (χ3v) is 4.02. The van der Waals surface area contributed by atoms with Crippen LogP contribution in [0.2, 0.25) is 0 Å². The lowest BCUT2D eigenvalue weighted by Gasteiger charge is -2.16. The minimum atomic E-state index is -0.273. The molecule has 1 atom stereocenters. The van der Waals surface area contributed by atoms with Crippen molar-refractivity contribution in [3.05, 3.63) is 70.1 Å². The Labute approximate surface area is 134 Å². The monoisotopic (exact) mass is 309 g/mol. The van der Waals surface area contributed by atoms with Crippen molar-refractivity contribution >= 4 is 16.9 Å². The number of fused-ring (bicyclic) bond motifs is 1. The van der Waals surface area contributed by atoms with Crippen LogP contribution in [-0.2, 0) is 11.3 Å². The summed E-state index contributed by atoms with van der Waals surface area (Å²) >= 11 is 0. The van der Waals surface area contributed by atoms with Gasteiger partial charge in [0, 0.05) is 0 Å². The Hall–Kier alpha value is -2.82. The summed E-state index contributed by atoms with van der Waals surface area (Å²) in [5.74, 6) is -0.187. The normalized spacial score (nSPS) is 12.3. The van der Waals surface area contributed by atoms with Crippen LogP contribution in [0.4, 0.5) is 0 Å². The number of para-hydroxylation sites is 2. The fourth-order valence-electron chi connectivity index (χ4n) is 2.84. The minimum absolute atomic E-state index is 0.000925. The second-order valence-electron chi connectivity index (χ2n) is 5.68. The minimum Gasteiger partial charge on any atom is -0.348 e. The quantitative estimate of drug-likeness (QED) is 0.777. The molecule has 23 heavy (non-hydrogen) atoms. The standard InChI is InChI=1S/C18H19N3O2/c1-12-7-3-4-8-14(12)13(2)19-17(22)11-21-16-10-6-5-9-15(16)20-18(21)23/h3-10,13H,11H2,1-2H3,(H,19,22)(H,20,23). The zero-order valence-corrected chi connectivity index (χ0v) is 13.2. The SMILES string of the molecule is Cc1ccccc1C(C)NC(=O)Cn1c(=O)[nH]c2ccccc21. The lowest BCUT2D eigenvalue weighted by molar-refractivity contribution is -0.122. The molecule has 0 bridgehead atoms. The van der Waals surface area contributed by atoms with E-state index in [1.165, 1.54) is 4.57 Å². The van der Waals surface area contributed by atoms with Crippen LogP contribution < -0.4 is 11.0 Å². The van der Waals surface area contributed by atoms with Crippen LogP contribution in [0.25, 0.3) is 11.0 Å². The van der Waals surface area contributed by atoms with E-state index in [1.807, 2.05) is 62.4 Å². The van der Waals surface area contributed by atoms with E-state index in [0.29, 0.717) is 0 Å². The number of H-pyrrole nitrogens is 1. The highest BCUT2D eigenvalue weighted by atomic mass is 16.2. The molecule has 1 amide bonds. The van der Waals surface area contributed by atoms with E-state index in [1.54, 1.807) is 0 Å². The summed E-state index contributed by atoms with van der Waals surface area (Å²) in [5, 5.41) is 2.95. The fraction of sp³-hybridized carbons (Fsp3) is 0.222. The van der Waals surface area contributed by atoms with Gasteiger partial charge in [-0.15, -0.1) is 0 Å². The number of aromatic amines is 1. The number of aromatic nitrogens is 2. The molecule has 2 aromatic carbocycles. The van der Waals surface area contributed by atoms with E-state index in [0.717, 1.165) is 22.2 Å². The van der Waals surface area contributed by atoms with E-state index in [4.69, 9.17) is 0 Å². The summed E-state index contributed by atoms with van der Waals surface area (Å²) in [6.45, 7) is 3.96. The highest BCUT2D eigenvalue weighted by molar-refractivity contribution is 5.80. The molecule has 0 saturated carbocycles. The number of amides is 1. The average molecular weight is 309 g/mol. The van der Waals surface area contributed by atoms with Gasteiger partial charge in [-0.25, -0.2) is 4.79 Å². The molecule has 5 heteroatoms. The van der Waals surface area contributed by atoms with Crippen LogP contribution in [0.5, 0.6) is 0 Å². The van der Waals surface area contributed by atoms with Gasteiger partial charge >= 0.3 is 5.69 Å². The molecule has 0 fully saturated rings. The molecule has 0 aliphatic heterocycles. The van der Waals surface area contributed by atoms with Crippen molar-refractivity contribution in [1.82, 2.24) is 14.9 Å². The first-order chi connectivity index (χ1) is 11.1. The Morgan fingerprint density at radius 1 is 1.17 bits per heavy atom. The van der Waals surface area contributed by atoms with Crippen LogP contribution in [0, 0.1) is 6.92 Å². The number of nitrogens with one attached hydrogen (secondary N) is 2. The lowest BCUT2D eigenvalue weighted by Crippen LogP contribution is -2.33. The number of hydrogen-bond acceptors (Lipinski definition) is 2. The Balaban J connectivity index is 1.78. The molecule has 3 aromatic rings. The number of imidazole rings is 1. The molecule has 0 saturated heterocycles. The first kappa shape index (κ1) is 15.1. The smallest absolute Gasteiger partial charge is 0.326 e. The van der Waals surface area contributed by atoms with E-state index in [2.05, 4.69) is 10.3 Å². The second-order valence-corrected chi connectivity index (χ2v) is 5.68. The first-order valence-corrected chi connectivity index (χ1v) is 7.58. The van der Waals surface area contributed by atoms with E-state index < -0.39 is 0 Å². The number of hydrogen-bond donors (Lipinski definition) is 2. The number of rotatable bonds is 4. The number of carbonyl (C=O) groups is 1. The molecule has 3 rings (SSSR count). The van der Waals surface area contributed by atoms with Gasteiger partial charge in [0.1, 0.15) is 6.54 Å². The van der Waals surface area contributed by atoms with Crippen LogP contribution >= 0.6 is 0 Å². The summed E-state index contributed by atoms with van der Waals surface area (Å²) in [5.41, 5.74) is 3.40. The maximum absolute atomic E-state index is 12.3. The first-order valence-electron chi connectivity index (χ1n) is 7.58. The predicted octanol–water partition coefficient (Wildman–Crippen LogP) is 2.52. The van der Waals surface area contributed by atoms with Crippen LogP contribution in [0.1, 0.15) is 24.1 Å². The van der Waals surface area contributed by atoms with Gasteiger partial charge in [0.2, 0.25) is 5.91 Å². The van der Waals surface area contributed by atoms with Gasteiger partial charge < -0.3 is 10.3 Å². The number of benzene rings is 2. The molecule has 5 nitrogen and oxygen atoms in total. The fourth-order valence-corrected chi connectivity index (χ4v) is 2.84. The van der Waals surface area contributed by atoms with Gasteiger partial charge in [-0.1, -0.05) is 36.4 Å². The molecular formula is C18H19N3O2. The predicted molar refractivity (Wildman–Crippen MR) is 90.3 cm³/mol. The number of nitrogens with zero attached hydrogens (tertiary/aromatic N) is 1. The third kappa shape index (κ3) is 3.04. The molecule has 0 aliphatic carbocycles. The summed E-state index contributed by atoms with van der Waals surface area (Å²) in [4.78, 5) is 27.1. The molecule has 1 heterocycles. The highest BCUT2D eigenvalue weighted by Crippen LogP contribution is 2.16. The van der Waals surface area contributed by atoms with Crippen molar-refractivity contribution in [2.24, 2.45) is 0 Å². The average Bonchev–Trinajstić information content (AvgIpc) is 2.83. The zero-order chi connectivity index (χ0) is 16.4. The number of carbonyl (C=O) groups excluding carboxylic acids is 1. The van der Waals surface area contributed by atoms with Crippen LogP contribution in [0.3, 0.4) is 0 Å². The van der Waals surface area contributed by atoms with Crippen molar-refractivity contribution in [2.75, 3.05) is 0 Å². The maximum Gasteiger partial charge on any atom is 0.326 e. The molecular weight excluding hydrogens is 290 g/mol. The zero-order valence-electron chi connectivity index (χ0n) is 13.2. The van der Waals surface area contributed by atoms with Crippen molar-refractivity contribution in [2.45, 2.75) is 26.4 Å². The van der Waals surface area contributed by atoms with E-state index in [9.17, 15) is 9.59 Å². The Bertz CT molecular complexity index is 908. The largest absolute Gasteiger partial charge is 0.348 e. The van der Waals surface area contributed by atoms with Crippen molar-refractivity contribution in [3.8, 4) is 0 Å². The van der Waals surface area contributed by atoms with Gasteiger partial charge in [0.05, 0.1) is 17.1 Å². The molecule has 1 aromatic heterocycles. The summed E-state index contributed by atoms with van der Waals surface area (Å²) in [6, 6.07) is 15.2.